The van der Waals surface area contributed by atoms with Gasteiger partial charge >= 0.3 is 0 Å². The predicted octanol–water partition coefficient (Wildman–Crippen LogP) is 5.06. The minimum Gasteiger partial charge on any atom is -0.322 e. The average Bonchev–Trinajstić information content (AvgIpc) is 2.83. The molecule has 3 aromatic rings. The highest BCUT2D eigenvalue weighted by atomic mass is 127. The number of aryl methyl sites for hydroxylation is 1. The highest BCUT2D eigenvalue weighted by molar-refractivity contribution is 14.1. The van der Waals surface area contributed by atoms with Gasteiger partial charge in [0.05, 0.1) is 17.8 Å². The fraction of sp³-hybridized carbons (Fsp3) is 0.158. The van der Waals surface area contributed by atoms with E-state index in [-0.39, 0.29) is 5.91 Å². The van der Waals surface area contributed by atoms with Crippen molar-refractivity contribution in [2.75, 3.05) is 5.32 Å². The van der Waals surface area contributed by atoms with Crippen LogP contribution in [-0.4, -0.2) is 15.7 Å². The molecule has 6 heteroatoms. The van der Waals surface area contributed by atoms with Crippen LogP contribution < -0.4 is 5.32 Å². The quantitative estimate of drug-likeness (QED) is 0.548. The van der Waals surface area contributed by atoms with Crippen LogP contribution in [0.3, 0.4) is 0 Å². The number of hydrogen-bond acceptors (Lipinski definition) is 2. The highest BCUT2D eigenvalue weighted by Gasteiger charge is 2.19. The number of hydrogen-bond donors (Lipinski definition) is 1. The fourth-order valence-corrected chi connectivity index (χ4v) is 3.47. The van der Waals surface area contributed by atoms with E-state index < -0.39 is 0 Å². The zero-order valence-electron chi connectivity index (χ0n) is 13.9. The van der Waals surface area contributed by atoms with Gasteiger partial charge < -0.3 is 5.32 Å². The molecule has 4 nitrogen and oxygen atoms in total. The molecule has 0 bridgehead atoms. The molecule has 1 heterocycles. The summed E-state index contributed by atoms with van der Waals surface area (Å²) in [6.45, 7) is 4.28. The molecule has 0 aliphatic heterocycles. The zero-order chi connectivity index (χ0) is 18.0. The summed E-state index contributed by atoms with van der Waals surface area (Å²) in [6, 6.07) is 15.4. The van der Waals surface area contributed by atoms with Crippen molar-refractivity contribution in [3.8, 4) is 0 Å². The van der Waals surface area contributed by atoms with Gasteiger partial charge in [-0.2, -0.15) is 5.10 Å². The number of nitrogens with zero attached hydrogens (tertiary/aromatic N) is 2. The van der Waals surface area contributed by atoms with Crippen LogP contribution in [0.5, 0.6) is 0 Å². The van der Waals surface area contributed by atoms with Gasteiger partial charge in [-0.05, 0) is 66.3 Å². The van der Waals surface area contributed by atoms with Gasteiger partial charge in [0, 0.05) is 20.0 Å². The van der Waals surface area contributed by atoms with Gasteiger partial charge in [0.15, 0.2) is 0 Å². The molecule has 0 aliphatic carbocycles. The van der Waals surface area contributed by atoms with Gasteiger partial charge in [0.1, 0.15) is 0 Å². The lowest BCUT2D eigenvalue weighted by Crippen LogP contribution is -2.14. The molecule has 25 heavy (non-hydrogen) atoms. The molecule has 1 N–H and O–H groups in total. The number of rotatable bonds is 4. The SMILES string of the molecule is Cc1nn(Cc2ccccc2Cl)c(C)c1C(=O)Nc1cccc(I)c1. The van der Waals surface area contributed by atoms with E-state index in [1.807, 2.05) is 67.1 Å². The maximum Gasteiger partial charge on any atom is 0.259 e. The predicted molar refractivity (Wildman–Crippen MR) is 109 cm³/mol. The van der Waals surface area contributed by atoms with Crippen LogP contribution in [0.15, 0.2) is 48.5 Å². The normalized spacial score (nSPS) is 10.7. The molecule has 0 spiro atoms. The van der Waals surface area contributed by atoms with Crippen molar-refractivity contribution in [2.45, 2.75) is 20.4 Å². The molecule has 1 aromatic heterocycles. The van der Waals surface area contributed by atoms with Crippen molar-refractivity contribution in [2.24, 2.45) is 0 Å². The van der Waals surface area contributed by atoms with E-state index in [2.05, 4.69) is 33.0 Å². The molecule has 128 valence electrons. The summed E-state index contributed by atoms with van der Waals surface area (Å²) in [6.07, 6.45) is 0. The van der Waals surface area contributed by atoms with E-state index in [9.17, 15) is 4.79 Å². The topological polar surface area (TPSA) is 46.9 Å². The smallest absolute Gasteiger partial charge is 0.259 e. The van der Waals surface area contributed by atoms with Crippen LogP contribution >= 0.6 is 34.2 Å². The Morgan fingerprint density at radius 3 is 2.68 bits per heavy atom. The number of aromatic nitrogens is 2. The van der Waals surface area contributed by atoms with Crippen LogP contribution in [0.4, 0.5) is 5.69 Å². The summed E-state index contributed by atoms with van der Waals surface area (Å²) >= 11 is 8.46. The molecule has 0 unspecified atom stereocenters. The Bertz CT molecular complexity index is 936. The number of nitrogens with one attached hydrogen (secondary N) is 1. The Morgan fingerprint density at radius 1 is 1.20 bits per heavy atom. The van der Waals surface area contributed by atoms with Crippen molar-refractivity contribution in [3.05, 3.63) is 79.6 Å². The number of amides is 1. The third-order valence-electron chi connectivity index (χ3n) is 3.97. The van der Waals surface area contributed by atoms with E-state index >= 15 is 0 Å². The van der Waals surface area contributed by atoms with E-state index in [1.165, 1.54) is 0 Å². The highest BCUT2D eigenvalue weighted by Crippen LogP contribution is 2.21. The lowest BCUT2D eigenvalue weighted by atomic mass is 10.1. The first-order valence-electron chi connectivity index (χ1n) is 7.80. The Hall–Kier alpha value is -1.86. The van der Waals surface area contributed by atoms with Gasteiger partial charge in [-0.25, -0.2) is 0 Å². The summed E-state index contributed by atoms with van der Waals surface area (Å²) < 4.78 is 2.89. The Balaban J connectivity index is 1.86. The van der Waals surface area contributed by atoms with Gasteiger partial charge in [0.25, 0.3) is 5.91 Å². The molecule has 0 saturated heterocycles. The van der Waals surface area contributed by atoms with Gasteiger partial charge in [-0.3, -0.25) is 9.48 Å². The third-order valence-corrected chi connectivity index (χ3v) is 5.01. The van der Waals surface area contributed by atoms with Gasteiger partial charge in [0.2, 0.25) is 0 Å². The molecule has 0 saturated carbocycles. The largest absolute Gasteiger partial charge is 0.322 e. The molecule has 0 fully saturated rings. The maximum absolute atomic E-state index is 12.7. The molecule has 0 aliphatic rings. The lowest BCUT2D eigenvalue weighted by molar-refractivity contribution is 0.102. The second kappa shape index (κ2) is 7.58. The summed E-state index contributed by atoms with van der Waals surface area (Å²) in [4.78, 5) is 12.7. The number of anilines is 1. The summed E-state index contributed by atoms with van der Waals surface area (Å²) in [5.74, 6) is -0.151. The zero-order valence-corrected chi connectivity index (χ0v) is 16.8. The summed E-state index contributed by atoms with van der Waals surface area (Å²) in [5.41, 5.74) is 3.87. The van der Waals surface area contributed by atoms with E-state index in [4.69, 9.17) is 11.6 Å². The van der Waals surface area contributed by atoms with Crippen LogP contribution in [-0.2, 0) is 6.54 Å². The van der Waals surface area contributed by atoms with Crippen molar-refractivity contribution < 1.29 is 4.79 Å². The Morgan fingerprint density at radius 2 is 1.96 bits per heavy atom. The first-order valence-corrected chi connectivity index (χ1v) is 9.25. The van der Waals surface area contributed by atoms with E-state index in [0.717, 1.165) is 20.5 Å². The van der Waals surface area contributed by atoms with Crippen LogP contribution in [0.2, 0.25) is 5.02 Å². The summed E-state index contributed by atoms with van der Waals surface area (Å²) in [7, 11) is 0. The van der Waals surface area contributed by atoms with Crippen molar-refractivity contribution >= 4 is 45.8 Å². The van der Waals surface area contributed by atoms with Gasteiger partial charge in [-0.1, -0.05) is 35.9 Å². The second-order valence-electron chi connectivity index (χ2n) is 5.76. The number of carbonyl (C=O) groups is 1. The number of halogens is 2. The second-order valence-corrected chi connectivity index (χ2v) is 7.41. The van der Waals surface area contributed by atoms with Crippen molar-refractivity contribution in [1.29, 1.82) is 0 Å². The number of carbonyl (C=O) groups excluding carboxylic acids is 1. The maximum atomic E-state index is 12.7. The minimum absolute atomic E-state index is 0.151. The van der Waals surface area contributed by atoms with Crippen molar-refractivity contribution in [3.63, 3.8) is 0 Å². The Labute approximate surface area is 165 Å². The first-order chi connectivity index (χ1) is 12.0. The van der Waals surface area contributed by atoms with E-state index in [1.54, 1.807) is 0 Å². The van der Waals surface area contributed by atoms with Crippen LogP contribution in [0, 0.1) is 17.4 Å². The molecular weight excluding hydrogens is 449 g/mol. The summed E-state index contributed by atoms with van der Waals surface area (Å²) in [5, 5.41) is 8.16. The van der Waals surface area contributed by atoms with Gasteiger partial charge in [-0.15, -0.1) is 0 Å². The molecule has 0 radical (unpaired) electrons. The third kappa shape index (κ3) is 4.04. The molecule has 3 rings (SSSR count). The van der Waals surface area contributed by atoms with Crippen LogP contribution in [0.1, 0.15) is 27.3 Å². The Kier molecular flexibility index (Phi) is 5.44. The van der Waals surface area contributed by atoms with E-state index in [0.29, 0.717) is 22.8 Å². The lowest BCUT2D eigenvalue weighted by Gasteiger charge is -2.08. The molecular formula is C19H17ClIN3O. The first kappa shape index (κ1) is 17.9. The molecule has 2 aromatic carbocycles. The monoisotopic (exact) mass is 465 g/mol. The molecule has 1 amide bonds. The average molecular weight is 466 g/mol. The van der Waals surface area contributed by atoms with Crippen molar-refractivity contribution in [1.82, 2.24) is 9.78 Å². The standard InChI is InChI=1S/C19H17ClIN3O/c1-12-18(19(25)22-16-8-5-7-15(21)10-16)13(2)24(23-12)11-14-6-3-4-9-17(14)20/h3-10H,11H2,1-2H3,(H,22,25). The molecule has 0 atom stereocenters. The van der Waals surface area contributed by atoms with Crippen LogP contribution in [0.25, 0.3) is 0 Å². The fourth-order valence-electron chi connectivity index (χ4n) is 2.73. The minimum atomic E-state index is -0.151. The number of benzene rings is 2.